The lowest BCUT2D eigenvalue weighted by molar-refractivity contribution is -0.167. The Morgan fingerprint density at radius 2 is 0.470 bits per heavy atom. The van der Waals surface area contributed by atoms with Crippen LogP contribution in [-0.2, 0) is 28.6 Å². The van der Waals surface area contributed by atoms with Crippen molar-refractivity contribution in [2.75, 3.05) is 13.2 Å². The molecule has 0 heterocycles. The Balaban J connectivity index is 4.16. The highest BCUT2D eigenvalue weighted by Gasteiger charge is 2.19. The minimum atomic E-state index is -0.786. The maximum atomic E-state index is 12.9. The number of allylic oxidation sites excluding steroid dienone is 12. The highest BCUT2D eigenvalue weighted by Crippen LogP contribution is 2.18. The molecule has 482 valence electrons. The molecule has 0 saturated carbocycles. The maximum absolute atomic E-state index is 12.9. The van der Waals surface area contributed by atoms with Crippen LogP contribution in [0.25, 0.3) is 0 Å². The molecule has 1 atom stereocenters. The summed E-state index contributed by atoms with van der Waals surface area (Å²) in [5.41, 5.74) is 0. The van der Waals surface area contributed by atoms with Crippen molar-refractivity contribution in [3.05, 3.63) is 72.9 Å². The molecule has 1 unspecified atom stereocenters. The first kappa shape index (κ1) is 79.8. The van der Waals surface area contributed by atoms with E-state index in [9.17, 15) is 14.4 Å². The summed E-state index contributed by atoms with van der Waals surface area (Å²) in [7, 11) is 0. The largest absolute Gasteiger partial charge is 0.462 e. The zero-order valence-corrected chi connectivity index (χ0v) is 55.5. The number of hydrogen-bond acceptors (Lipinski definition) is 6. The fourth-order valence-electron chi connectivity index (χ4n) is 10.8. The van der Waals surface area contributed by atoms with Crippen molar-refractivity contribution in [2.24, 2.45) is 0 Å². The molecule has 0 radical (unpaired) electrons. The fraction of sp³-hybridized carbons (Fsp3) is 0.805. The molecule has 0 fully saturated rings. The highest BCUT2D eigenvalue weighted by atomic mass is 16.6. The molecular weight excluding hydrogens is 1020 g/mol. The van der Waals surface area contributed by atoms with Gasteiger partial charge in [-0.15, -0.1) is 0 Å². The van der Waals surface area contributed by atoms with E-state index in [1.165, 1.54) is 244 Å². The third-order valence-corrected chi connectivity index (χ3v) is 16.2. The molecule has 0 saturated heterocycles. The maximum Gasteiger partial charge on any atom is 0.306 e. The summed E-state index contributed by atoms with van der Waals surface area (Å²) < 4.78 is 17.0. The Hall–Kier alpha value is -3.15. The van der Waals surface area contributed by atoms with Crippen LogP contribution < -0.4 is 0 Å². The first-order valence-electron chi connectivity index (χ1n) is 36.4. The second kappa shape index (κ2) is 71.3. The quantitative estimate of drug-likeness (QED) is 0.0261. The lowest BCUT2D eigenvalue weighted by Crippen LogP contribution is -2.30. The molecule has 0 aromatic heterocycles. The van der Waals surface area contributed by atoms with E-state index >= 15 is 0 Å². The van der Waals surface area contributed by atoms with Gasteiger partial charge >= 0.3 is 17.9 Å². The molecule has 0 aliphatic heterocycles. The second-order valence-corrected chi connectivity index (χ2v) is 24.5. The van der Waals surface area contributed by atoms with Crippen LogP contribution in [0.3, 0.4) is 0 Å². The third kappa shape index (κ3) is 69.5. The van der Waals surface area contributed by atoms with Crippen molar-refractivity contribution < 1.29 is 28.6 Å². The molecule has 6 heteroatoms. The van der Waals surface area contributed by atoms with Crippen molar-refractivity contribution in [3.8, 4) is 0 Å². The van der Waals surface area contributed by atoms with Gasteiger partial charge in [0.15, 0.2) is 6.10 Å². The van der Waals surface area contributed by atoms with E-state index in [-0.39, 0.29) is 31.1 Å². The topological polar surface area (TPSA) is 78.9 Å². The molecular formula is C77H138O6. The minimum Gasteiger partial charge on any atom is -0.462 e. The molecule has 0 aromatic carbocycles. The van der Waals surface area contributed by atoms with Gasteiger partial charge in [0.2, 0.25) is 0 Å². The number of ether oxygens (including phenoxy) is 3. The number of esters is 3. The summed E-state index contributed by atoms with van der Waals surface area (Å²) in [4.78, 5) is 38.4. The first-order chi connectivity index (χ1) is 41.0. The van der Waals surface area contributed by atoms with Crippen molar-refractivity contribution in [1.82, 2.24) is 0 Å². The van der Waals surface area contributed by atoms with E-state index in [1.54, 1.807) is 0 Å². The van der Waals surface area contributed by atoms with Crippen molar-refractivity contribution >= 4 is 17.9 Å². The molecule has 83 heavy (non-hydrogen) atoms. The Morgan fingerprint density at radius 1 is 0.253 bits per heavy atom. The van der Waals surface area contributed by atoms with E-state index < -0.39 is 6.10 Å². The van der Waals surface area contributed by atoms with Crippen LogP contribution in [0.5, 0.6) is 0 Å². The second-order valence-electron chi connectivity index (χ2n) is 24.5. The molecule has 6 nitrogen and oxygen atoms in total. The average Bonchev–Trinajstić information content (AvgIpc) is 3.49. The van der Waals surface area contributed by atoms with Gasteiger partial charge in [-0.2, -0.15) is 0 Å². The molecule has 0 aliphatic rings. The summed E-state index contributed by atoms with van der Waals surface area (Å²) in [5, 5.41) is 0. The molecule has 0 amide bonds. The number of carbonyl (C=O) groups excluding carboxylic acids is 3. The zero-order chi connectivity index (χ0) is 59.9. The molecule has 0 spiro atoms. The number of hydrogen-bond donors (Lipinski definition) is 0. The predicted molar refractivity (Wildman–Crippen MR) is 362 cm³/mol. The van der Waals surface area contributed by atoms with E-state index in [0.717, 1.165) is 96.3 Å². The molecule has 0 aromatic rings. The number of rotatable bonds is 67. The van der Waals surface area contributed by atoms with Crippen LogP contribution in [-0.4, -0.2) is 37.2 Å². The van der Waals surface area contributed by atoms with Crippen LogP contribution in [0.1, 0.15) is 380 Å². The lowest BCUT2D eigenvalue weighted by Gasteiger charge is -2.18. The van der Waals surface area contributed by atoms with E-state index in [4.69, 9.17) is 14.2 Å². The molecule has 0 bridgehead atoms. The standard InChI is InChI=1S/C77H138O6/c1-4-7-10-13-16-19-22-25-27-29-31-32-33-34-35-36-37-38-39-40-41-42-43-44-46-47-49-52-55-58-61-64-67-70-76(79)82-73-74(72-81-75(78)69-66-63-60-57-54-51-24-21-18-15-12-9-6-3)83-77(80)71-68-65-62-59-56-53-50-48-45-30-28-26-23-20-17-14-11-8-5-2/h9,12,18,21-22,25,29,31,33-34,51,54,74H,4-8,10-11,13-17,19-20,23-24,26-28,30,32,35-50,52-53,55-73H2,1-3H3/b12-9-,21-18-,25-22-,31-29-,34-33-,54-51-. The van der Waals surface area contributed by atoms with E-state index in [1.807, 2.05) is 0 Å². The van der Waals surface area contributed by atoms with Gasteiger partial charge in [-0.05, 0) is 89.9 Å². The van der Waals surface area contributed by atoms with E-state index in [0.29, 0.717) is 19.3 Å². The summed E-state index contributed by atoms with van der Waals surface area (Å²) in [6.07, 6.45) is 93.8. The smallest absolute Gasteiger partial charge is 0.306 e. The van der Waals surface area contributed by atoms with Gasteiger partial charge in [0.05, 0.1) is 0 Å². The van der Waals surface area contributed by atoms with Crippen LogP contribution in [0.4, 0.5) is 0 Å². The summed E-state index contributed by atoms with van der Waals surface area (Å²) in [6.45, 7) is 6.55. The van der Waals surface area contributed by atoms with Crippen LogP contribution in [0, 0.1) is 0 Å². The average molecular weight is 1160 g/mol. The van der Waals surface area contributed by atoms with Gasteiger partial charge in [0.1, 0.15) is 13.2 Å². The van der Waals surface area contributed by atoms with Crippen LogP contribution >= 0.6 is 0 Å². The van der Waals surface area contributed by atoms with Crippen molar-refractivity contribution in [2.45, 2.75) is 386 Å². The number of unbranched alkanes of at least 4 members (excludes halogenated alkanes) is 44. The Labute approximate surface area is 516 Å². The summed E-state index contributed by atoms with van der Waals surface area (Å²) >= 11 is 0. The van der Waals surface area contributed by atoms with E-state index in [2.05, 4.69) is 93.7 Å². The van der Waals surface area contributed by atoms with Crippen LogP contribution in [0.15, 0.2) is 72.9 Å². The fourth-order valence-corrected chi connectivity index (χ4v) is 10.8. The van der Waals surface area contributed by atoms with Gasteiger partial charge in [-0.1, -0.05) is 344 Å². The zero-order valence-electron chi connectivity index (χ0n) is 55.5. The van der Waals surface area contributed by atoms with Crippen LogP contribution in [0.2, 0.25) is 0 Å². The molecule has 0 aliphatic carbocycles. The van der Waals surface area contributed by atoms with Crippen molar-refractivity contribution in [3.63, 3.8) is 0 Å². The third-order valence-electron chi connectivity index (χ3n) is 16.2. The van der Waals surface area contributed by atoms with Gasteiger partial charge in [0.25, 0.3) is 0 Å². The Morgan fingerprint density at radius 3 is 0.747 bits per heavy atom. The number of carbonyl (C=O) groups is 3. The van der Waals surface area contributed by atoms with Gasteiger partial charge in [-0.25, -0.2) is 0 Å². The lowest BCUT2D eigenvalue weighted by atomic mass is 10.0. The monoisotopic (exact) mass is 1160 g/mol. The predicted octanol–water partition coefficient (Wildman–Crippen LogP) is 25.2. The van der Waals surface area contributed by atoms with Crippen molar-refractivity contribution in [1.29, 1.82) is 0 Å². The van der Waals surface area contributed by atoms with Gasteiger partial charge in [-0.3, -0.25) is 14.4 Å². The van der Waals surface area contributed by atoms with Gasteiger partial charge < -0.3 is 14.2 Å². The summed E-state index contributed by atoms with van der Waals surface area (Å²) in [6, 6.07) is 0. The Bertz CT molecular complexity index is 1520. The molecule has 0 rings (SSSR count). The minimum absolute atomic E-state index is 0.0798. The SMILES string of the molecule is CC/C=C\C/C=C\C/C=C\CCCCCC(=O)OCC(COC(=O)CCCCCCCCCCCCCCCCCCCC/C=C\C/C=C\C/C=C\CCCCCCC)OC(=O)CCCCCCCCCCCCCCCCCCCCC. The summed E-state index contributed by atoms with van der Waals surface area (Å²) in [5.74, 6) is -0.887. The normalized spacial score (nSPS) is 12.5. The highest BCUT2D eigenvalue weighted by molar-refractivity contribution is 5.71. The molecule has 0 N–H and O–H groups in total. The van der Waals surface area contributed by atoms with Gasteiger partial charge in [0, 0.05) is 19.3 Å². The first-order valence-corrected chi connectivity index (χ1v) is 36.4. The Kier molecular flexibility index (Phi) is 68.6.